The molecule has 2 rings (SSSR count). The first-order valence-corrected chi connectivity index (χ1v) is 5.36. The first kappa shape index (κ1) is 11.5. The maximum Gasteiger partial charge on any atom is 0.339 e. The van der Waals surface area contributed by atoms with E-state index in [0.29, 0.717) is 23.4 Å². The molecule has 88 valence electrons. The van der Waals surface area contributed by atoms with Crippen molar-refractivity contribution >= 4 is 16.9 Å². The van der Waals surface area contributed by atoms with E-state index in [1.807, 2.05) is 0 Å². The molecule has 17 heavy (non-hydrogen) atoms. The molecule has 0 saturated heterocycles. The molecule has 0 aliphatic heterocycles. The van der Waals surface area contributed by atoms with E-state index in [9.17, 15) is 9.18 Å². The lowest BCUT2D eigenvalue weighted by Crippen LogP contribution is -2.08. The van der Waals surface area contributed by atoms with Crippen molar-refractivity contribution in [2.24, 2.45) is 0 Å². The number of carbonyl (C=O) groups is 1. The standard InChI is InChI=1S/C13H12FNO2/c1-3-17-13(16)11-6-9-4-5-10(14)7-12(9)15-8(11)2/h4-7H,3H2,1-2H3. The summed E-state index contributed by atoms with van der Waals surface area (Å²) in [6.45, 7) is 3.77. The molecule has 1 aromatic carbocycles. The third kappa shape index (κ3) is 2.25. The smallest absolute Gasteiger partial charge is 0.339 e. The number of hydrogen-bond acceptors (Lipinski definition) is 3. The van der Waals surface area contributed by atoms with E-state index in [4.69, 9.17) is 4.74 Å². The highest BCUT2D eigenvalue weighted by Crippen LogP contribution is 2.18. The lowest BCUT2D eigenvalue weighted by molar-refractivity contribution is 0.0525. The molecule has 4 heteroatoms. The molecule has 0 radical (unpaired) electrons. The third-order valence-electron chi connectivity index (χ3n) is 2.47. The minimum Gasteiger partial charge on any atom is -0.462 e. The van der Waals surface area contributed by atoms with Crippen LogP contribution in [0.1, 0.15) is 23.0 Å². The number of fused-ring (bicyclic) bond motifs is 1. The van der Waals surface area contributed by atoms with E-state index < -0.39 is 5.97 Å². The van der Waals surface area contributed by atoms with Gasteiger partial charge in [-0.2, -0.15) is 0 Å². The van der Waals surface area contributed by atoms with E-state index in [-0.39, 0.29) is 5.82 Å². The molecule has 0 fully saturated rings. The molecule has 1 aromatic heterocycles. The monoisotopic (exact) mass is 233 g/mol. The molecule has 0 aliphatic carbocycles. The summed E-state index contributed by atoms with van der Waals surface area (Å²) in [6.07, 6.45) is 0. The van der Waals surface area contributed by atoms with Crippen LogP contribution in [0.3, 0.4) is 0 Å². The van der Waals surface area contributed by atoms with Crippen LogP contribution in [-0.2, 0) is 4.74 Å². The number of ether oxygens (including phenoxy) is 1. The molecule has 0 atom stereocenters. The Bertz CT molecular complexity index is 581. The number of aryl methyl sites for hydroxylation is 1. The normalized spacial score (nSPS) is 10.5. The summed E-state index contributed by atoms with van der Waals surface area (Å²) in [5, 5.41) is 0.722. The Kier molecular flexibility index (Phi) is 3.04. The number of benzene rings is 1. The maximum absolute atomic E-state index is 13.0. The van der Waals surface area contributed by atoms with E-state index in [1.165, 1.54) is 12.1 Å². The SMILES string of the molecule is CCOC(=O)c1cc2ccc(F)cc2nc1C. The average Bonchev–Trinajstić information content (AvgIpc) is 2.28. The zero-order valence-corrected chi connectivity index (χ0v) is 9.66. The van der Waals surface area contributed by atoms with Gasteiger partial charge in [0.1, 0.15) is 5.82 Å². The van der Waals surface area contributed by atoms with Crippen LogP contribution in [0.4, 0.5) is 4.39 Å². The topological polar surface area (TPSA) is 39.2 Å². The van der Waals surface area contributed by atoms with Gasteiger partial charge in [-0.05, 0) is 32.0 Å². The van der Waals surface area contributed by atoms with Crippen molar-refractivity contribution in [1.29, 1.82) is 0 Å². The van der Waals surface area contributed by atoms with Crippen molar-refractivity contribution in [2.45, 2.75) is 13.8 Å². The van der Waals surface area contributed by atoms with Gasteiger partial charge in [0.2, 0.25) is 0 Å². The summed E-state index contributed by atoms with van der Waals surface area (Å²) < 4.78 is 17.9. The molecule has 0 N–H and O–H groups in total. The Hall–Kier alpha value is -1.97. The van der Waals surface area contributed by atoms with Crippen molar-refractivity contribution in [1.82, 2.24) is 4.98 Å². The van der Waals surface area contributed by atoms with E-state index in [1.54, 1.807) is 26.0 Å². The van der Waals surface area contributed by atoms with Crippen LogP contribution < -0.4 is 0 Å². The fraction of sp³-hybridized carbons (Fsp3) is 0.231. The Morgan fingerprint density at radius 1 is 1.41 bits per heavy atom. The molecule has 3 nitrogen and oxygen atoms in total. The molecule has 0 unspecified atom stereocenters. The minimum absolute atomic E-state index is 0.319. The molecule has 0 spiro atoms. The van der Waals surface area contributed by atoms with Gasteiger partial charge in [-0.25, -0.2) is 9.18 Å². The molecular weight excluding hydrogens is 221 g/mol. The Morgan fingerprint density at radius 2 is 2.18 bits per heavy atom. The van der Waals surface area contributed by atoms with Gasteiger partial charge in [-0.1, -0.05) is 0 Å². The van der Waals surface area contributed by atoms with Gasteiger partial charge < -0.3 is 4.74 Å². The second-order valence-electron chi connectivity index (χ2n) is 3.68. The summed E-state index contributed by atoms with van der Waals surface area (Å²) in [5.74, 6) is -0.739. The number of nitrogens with zero attached hydrogens (tertiary/aromatic N) is 1. The van der Waals surface area contributed by atoms with Gasteiger partial charge in [0, 0.05) is 11.5 Å². The van der Waals surface area contributed by atoms with Gasteiger partial charge in [0.25, 0.3) is 0 Å². The number of pyridine rings is 1. The predicted molar refractivity (Wildman–Crippen MR) is 62.4 cm³/mol. The summed E-state index contributed by atoms with van der Waals surface area (Å²) >= 11 is 0. The highest BCUT2D eigenvalue weighted by Gasteiger charge is 2.12. The first-order chi connectivity index (χ1) is 8.11. The highest BCUT2D eigenvalue weighted by atomic mass is 19.1. The van der Waals surface area contributed by atoms with Gasteiger partial charge in [-0.15, -0.1) is 0 Å². The van der Waals surface area contributed by atoms with Crippen LogP contribution in [0, 0.1) is 12.7 Å². The van der Waals surface area contributed by atoms with Crippen LogP contribution >= 0.6 is 0 Å². The average molecular weight is 233 g/mol. The van der Waals surface area contributed by atoms with Gasteiger partial charge >= 0.3 is 5.97 Å². The largest absolute Gasteiger partial charge is 0.462 e. The van der Waals surface area contributed by atoms with Crippen molar-refractivity contribution in [3.63, 3.8) is 0 Å². The van der Waals surface area contributed by atoms with Crippen molar-refractivity contribution in [3.8, 4) is 0 Å². The number of carbonyl (C=O) groups excluding carboxylic acids is 1. The van der Waals surface area contributed by atoms with Crippen molar-refractivity contribution in [3.05, 3.63) is 41.3 Å². The van der Waals surface area contributed by atoms with Gasteiger partial charge in [0.05, 0.1) is 23.4 Å². The number of halogens is 1. The molecule has 0 amide bonds. The van der Waals surface area contributed by atoms with E-state index in [0.717, 1.165) is 5.39 Å². The van der Waals surface area contributed by atoms with Crippen molar-refractivity contribution < 1.29 is 13.9 Å². The fourth-order valence-electron chi connectivity index (χ4n) is 1.65. The highest BCUT2D eigenvalue weighted by molar-refractivity contribution is 5.95. The quantitative estimate of drug-likeness (QED) is 0.749. The number of hydrogen-bond donors (Lipinski definition) is 0. The second-order valence-corrected chi connectivity index (χ2v) is 3.68. The predicted octanol–water partition coefficient (Wildman–Crippen LogP) is 2.86. The van der Waals surface area contributed by atoms with E-state index in [2.05, 4.69) is 4.98 Å². The minimum atomic E-state index is -0.399. The van der Waals surface area contributed by atoms with Gasteiger partial charge in [0.15, 0.2) is 0 Å². The fourth-order valence-corrected chi connectivity index (χ4v) is 1.65. The van der Waals surface area contributed by atoms with E-state index >= 15 is 0 Å². The van der Waals surface area contributed by atoms with Gasteiger partial charge in [-0.3, -0.25) is 4.98 Å². The summed E-state index contributed by atoms with van der Waals surface area (Å²) in [4.78, 5) is 15.8. The third-order valence-corrected chi connectivity index (χ3v) is 2.47. The Balaban J connectivity index is 2.55. The molecular formula is C13H12FNO2. The number of aromatic nitrogens is 1. The van der Waals surface area contributed by atoms with Crippen LogP contribution in [0.2, 0.25) is 0 Å². The molecule has 0 aliphatic rings. The lowest BCUT2D eigenvalue weighted by atomic mass is 10.1. The van der Waals surface area contributed by atoms with Crippen LogP contribution in [0.5, 0.6) is 0 Å². The summed E-state index contributed by atoms with van der Waals surface area (Å²) in [5.41, 5.74) is 1.50. The Labute approximate surface area is 98.2 Å². The van der Waals surface area contributed by atoms with Crippen molar-refractivity contribution in [2.75, 3.05) is 6.61 Å². The molecule has 0 bridgehead atoms. The summed E-state index contributed by atoms with van der Waals surface area (Å²) in [6, 6.07) is 5.96. The molecule has 1 heterocycles. The maximum atomic E-state index is 13.0. The molecule has 0 saturated carbocycles. The summed E-state index contributed by atoms with van der Waals surface area (Å²) in [7, 11) is 0. The van der Waals surface area contributed by atoms with Crippen LogP contribution in [0.25, 0.3) is 10.9 Å². The molecule has 2 aromatic rings. The van der Waals surface area contributed by atoms with Crippen LogP contribution in [0.15, 0.2) is 24.3 Å². The number of esters is 1. The first-order valence-electron chi connectivity index (χ1n) is 5.36. The van der Waals surface area contributed by atoms with Crippen LogP contribution in [-0.4, -0.2) is 17.6 Å². The zero-order chi connectivity index (χ0) is 12.4. The zero-order valence-electron chi connectivity index (χ0n) is 9.66. The number of rotatable bonds is 2. The second kappa shape index (κ2) is 4.49. The Morgan fingerprint density at radius 3 is 2.88 bits per heavy atom. The lowest BCUT2D eigenvalue weighted by Gasteiger charge is -2.06.